The SMILES string of the molecule is CCN[Si]1(NCC)CCCC1. The predicted octanol–water partition coefficient (Wildman–Crippen LogP) is 1.44. The molecule has 11 heavy (non-hydrogen) atoms. The van der Waals surface area contributed by atoms with Gasteiger partial charge in [0, 0.05) is 0 Å². The van der Waals surface area contributed by atoms with Crippen molar-refractivity contribution in [1.82, 2.24) is 9.96 Å². The molecule has 1 aliphatic heterocycles. The Morgan fingerprint density at radius 3 is 1.82 bits per heavy atom. The first-order valence-corrected chi connectivity index (χ1v) is 7.24. The van der Waals surface area contributed by atoms with Crippen LogP contribution in [-0.4, -0.2) is 21.5 Å². The molecule has 0 atom stereocenters. The van der Waals surface area contributed by atoms with Crippen LogP contribution in [0.5, 0.6) is 0 Å². The second-order valence-corrected chi connectivity index (χ2v) is 7.22. The van der Waals surface area contributed by atoms with Crippen LogP contribution in [-0.2, 0) is 0 Å². The molecule has 1 aliphatic rings. The molecule has 0 aliphatic carbocycles. The van der Waals surface area contributed by atoms with Crippen molar-refractivity contribution in [3.05, 3.63) is 0 Å². The number of hydrogen-bond donors (Lipinski definition) is 2. The summed E-state index contributed by atoms with van der Waals surface area (Å²) in [6.45, 7) is 6.70. The molecular formula is C8H20N2Si. The van der Waals surface area contributed by atoms with Gasteiger partial charge in [0.2, 0.25) is 8.40 Å². The van der Waals surface area contributed by atoms with Crippen molar-refractivity contribution in [1.29, 1.82) is 0 Å². The Morgan fingerprint density at radius 2 is 1.45 bits per heavy atom. The van der Waals surface area contributed by atoms with Gasteiger partial charge in [0.25, 0.3) is 0 Å². The van der Waals surface area contributed by atoms with Gasteiger partial charge < -0.3 is 9.96 Å². The van der Waals surface area contributed by atoms with Gasteiger partial charge in [-0.2, -0.15) is 0 Å². The summed E-state index contributed by atoms with van der Waals surface area (Å²) < 4.78 is 0. The van der Waals surface area contributed by atoms with Crippen LogP contribution in [0, 0.1) is 0 Å². The van der Waals surface area contributed by atoms with Gasteiger partial charge in [-0.1, -0.05) is 26.7 Å². The highest BCUT2D eigenvalue weighted by Gasteiger charge is 2.35. The largest absolute Gasteiger partial charge is 0.326 e. The summed E-state index contributed by atoms with van der Waals surface area (Å²) in [4.78, 5) is 7.37. The van der Waals surface area contributed by atoms with Gasteiger partial charge in [0.1, 0.15) is 0 Å². The molecule has 0 unspecified atom stereocenters. The predicted molar refractivity (Wildman–Crippen MR) is 52.0 cm³/mol. The minimum Gasteiger partial charge on any atom is -0.326 e. The van der Waals surface area contributed by atoms with Crippen molar-refractivity contribution >= 4 is 8.40 Å². The van der Waals surface area contributed by atoms with Crippen LogP contribution >= 0.6 is 0 Å². The van der Waals surface area contributed by atoms with E-state index in [4.69, 9.17) is 0 Å². The molecule has 1 heterocycles. The lowest BCUT2D eigenvalue weighted by Crippen LogP contribution is -2.60. The van der Waals surface area contributed by atoms with Gasteiger partial charge in [-0.3, -0.25) is 0 Å². The monoisotopic (exact) mass is 172 g/mol. The maximum absolute atomic E-state index is 3.69. The molecule has 0 aromatic carbocycles. The Morgan fingerprint density at radius 1 is 1.00 bits per heavy atom. The maximum atomic E-state index is 3.69. The van der Waals surface area contributed by atoms with Crippen molar-refractivity contribution in [2.24, 2.45) is 0 Å². The average molecular weight is 172 g/mol. The zero-order valence-electron chi connectivity index (χ0n) is 7.74. The lowest BCUT2D eigenvalue weighted by atomic mass is 10.4. The second-order valence-electron chi connectivity index (χ2n) is 3.35. The molecule has 3 heteroatoms. The van der Waals surface area contributed by atoms with E-state index in [1.54, 1.807) is 0 Å². The minimum absolute atomic E-state index is 1.13. The van der Waals surface area contributed by atoms with Crippen LogP contribution in [0.1, 0.15) is 26.7 Å². The van der Waals surface area contributed by atoms with Crippen LogP contribution in [0.4, 0.5) is 0 Å². The van der Waals surface area contributed by atoms with Crippen LogP contribution < -0.4 is 9.96 Å². The molecule has 66 valence electrons. The Hall–Kier alpha value is 0.137. The minimum atomic E-state index is -1.13. The highest BCUT2D eigenvalue weighted by molar-refractivity contribution is 6.75. The summed E-state index contributed by atoms with van der Waals surface area (Å²) in [5.74, 6) is 0. The number of nitrogens with one attached hydrogen (secondary N) is 2. The molecule has 2 nitrogen and oxygen atoms in total. The quantitative estimate of drug-likeness (QED) is 0.627. The van der Waals surface area contributed by atoms with Crippen LogP contribution in [0.25, 0.3) is 0 Å². The molecule has 0 aromatic rings. The van der Waals surface area contributed by atoms with E-state index in [9.17, 15) is 0 Å². The van der Waals surface area contributed by atoms with Crippen molar-refractivity contribution in [3.8, 4) is 0 Å². The highest BCUT2D eigenvalue weighted by Crippen LogP contribution is 2.24. The van der Waals surface area contributed by atoms with Crippen molar-refractivity contribution in [2.75, 3.05) is 13.1 Å². The Labute approximate surface area is 70.9 Å². The first kappa shape index (κ1) is 9.23. The van der Waals surface area contributed by atoms with Gasteiger partial charge in [0.15, 0.2) is 0 Å². The molecule has 0 radical (unpaired) electrons. The van der Waals surface area contributed by atoms with Gasteiger partial charge in [-0.05, 0) is 25.2 Å². The molecule has 0 saturated carbocycles. The summed E-state index contributed by atoms with van der Waals surface area (Å²) in [5.41, 5.74) is 0. The van der Waals surface area contributed by atoms with Gasteiger partial charge >= 0.3 is 0 Å². The zero-order valence-corrected chi connectivity index (χ0v) is 8.74. The third-order valence-corrected chi connectivity index (χ3v) is 6.96. The number of rotatable bonds is 4. The van der Waals surface area contributed by atoms with Gasteiger partial charge in [-0.15, -0.1) is 0 Å². The summed E-state index contributed by atoms with van der Waals surface area (Å²) in [6.07, 6.45) is 2.87. The van der Waals surface area contributed by atoms with E-state index in [0.717, 1.165) is 13.1 Å². The van der Waals surface area contributed by atoms with E-state index in [1.165, 1.54) is 24.9 Å². The zero-order chi connectivity index (χ0) is 8.16. The smallest absolute Gasteiger partial charge is 0.201 e. The maximum Gasteiger partial charge on any atom is 0.201 e. The summed E-state index contributed by atoms with van der Waals surface area (Å²) in [6, 6.07) is 2.88. The topological polar surface area (TPSA) is 24.1 Å². The van der Waals surface area contributed by atoms with Crippen molar-refractivity contribution in [2.45, 2.75) is 38.8 Å². The average Bonchev–Trinajstić information content (AvgIpc) is 2.39. The molecule has 1 rings (SSSR count). The third-order valence-electron chi connectivity index (χ3n) is 2.49. The Kier molecular flexibility index (Phi) is 3.55. The van der Waals surface area contributed by atoms with E-state index < -0.39 is 8.40 Å². The van der Waals surface area contributed by atoms with E-state index in [-0.39, 0.29) is 0 Å². The van der Waals surface area contributed by atoms with E-state index in [1.807, 2.05) is 0 Å². The molecule has 0 bridgehead atoms. The van der Waals surface area contributed by atoms with E-state index >= 15 is 0 Å². The lowest BCUT2D eigenvalue weighted by Gasteiger charge is -2.27. The van der Waals surface area contributed by atoms with Gasteiger partial charge in [-0.25, -0.2) is 0 Å². The van der Waals surface area contributed by atoms with Crippen LogP contribution in [0.2, 0.25) is 12.1 Å². The highest BCUT2D eigenvalue weighted by atomic mass is 28.3. The Balaban J connectivity index is 2.40. The molecule has 0 aromatic heterocycles. The van der Waals surface area contributed by atoms with Crippen molar-refractivity contribution in [3.63, 3.8) is 0 Å². The first-order chi connectivity index (χ1) is 5.33. The van der Waals surface area contributed by atoms with E-state index in [0.29, 0.717) is 0 Å². The first-order valence-electron chi connectivity index (χ1n) is 4.83. The standard InChI is InChI=1S/C8H20N2Si/c1-3-9-11(10-4-2)7-5-6-8-11/h9-10H,3-8H2,1-2H3. The van der Waals surface area contributed by atoms with Gasteiger partial charge in [0.05, 0.1) is 0 Å². The molecule has 0 amide bonds. The summed E-state index contributed by atoms with van der Waals surface area (Å²) in [5, 5.41) is 0. The molecule has 0 spiro atoms. The van der Waals surface area contributed by atoms with Crippen LogP contribution in [0.3, 0.4) is 0 Å². The second kappa shape index (κ2) is 4.23. The molecule has 1 saturated heterocycles. The van der Waals surface area contributed by atoms with Crippen molar-refractivity contribution < 1.29 is 0 Å². The number of hydrogen-bond acceptors (Lipinski definition) is 2. The molecular weight excluding hydrogens is 152 g/mol. The van der Waals surface area contributed by atoms with E-state index in [2.05, 4.69) is 23.8 Å². The third kappa shape index (κ3) is 2.29. The molecule has 2 N–H and O–H groups in total. The fourth-order valence-electron chi connectivity index (χ4n) is 2.07. The summed E-state index contributed by atoms with van der Waals surface area (Å²) in [7, 11) is -1.13. The lowest BCUT2D eigenvalue weighted by molar-refractivity contribution is 0.845. The summed E-state index contributed by atoms with van der Waals surface area (Å²) >= 11 is 0. The fourth-order valence-corrected chi connectivity index (χ4v) is 6.21. The normalized spacial score (nSPS) is 22.4. The fraction of sp³-hybridized carbons (Fsp3) is 1.00. The van der Waals surface area contributed by atoms with Crippen LogP contribution in [0.15, 0.2) is 0 Å². The molecule has 1 fully saturated rings. The Bertz CT molecular complexity index is 103.